The number of sulfonamides is 1. The third-order valence-electron chi connectivity index (χ3n) is 2.79. The molecule has 112 valence electrons. The maximum atomic E-state index is 11.1. The van der Waals surface area contributed by atoms with Crippen molar-refractivity contribution in [3.63, 3.8) is 0 Å². The molecule has 0 aliphatic rings. The molecule has 0 fully saturated rings. The lowest BCUT2D eigenvalue weighted by atomic mass is 10.2. The van der Waals surface area contributed by atoms with Crippen molar-refractivity contribution in [1.82, 2.24) is 0 Å². The lowest BCUT2D eigenvalue weighted by Gasteiger charge is -2.07. The fraction of sp³-hybridized carbons (Fsp3) is 0.200. The highest BCUT2D eigenvalue weighted by molar-refractivity contribution is 7.99. The Labute approximate surface area is 129 Å². The normalized spacial score (nSPS) is 11.3. The van der Waals surface area contributed by atoms with Gasteiger partial charge in [0.1, 0.15) is 5.75 Å². The van der Waals surface area contributed by atoms with Gasteiger partial charge in [0.05, 0.1) is 11.5 Å². The number of aryl methyl sites for hydroxylation is 1. The van der Waals surface area contributed by atoms with Crippen molar-refractivity contribution in [1.29, 1.82) is 0 Å². The van der Waals surface area contributed by atoms with Crippen LogP contribution in [0.2, 0.25) is 0 Å². The fourth-order valence-corrected chi connectivity index (χ4v) is 2.93. The van der Waals surface area contributed by atoms with Gasteiger partial charge in [0.2, 0.25) is 10.0 Å². The lowest BCUT2D eigenvalue weighted by Crippen LogP contribution is -2.11. The molecule has 2 aromatic carbocycles. The molecule has 6 heteroatoms. The second-order valence-electron chi connectivity index (χ2n) is 4.53. The van der Waals surface area contributed by atoms with Crippen molar-refractivity contribution in [2.24, 2.45) is 5.14 Å². The Kier molecular flexibility index (Phi) is 5.27. The summed E-state index contributed by atoms with van der Waals surface area (Å²) >= 11 is 1.71. The molecule has 2 N–H and O–H groups in total. The average molecular weight is 323 g/mol. The Balaban J connectivity index is 1.80. The molecule has 2 rings (SSSR count). The zero-order valence-corrected chi connectivity index (χ0v) is 13.3. The summed E-state index contributed by atoms with van der Waals surface area (Å²) < 4.78 is 27.8. The number of benzene rings is 2. The number of thioether (sulfide) groups is 1. The molecule has 0 amide bonds. The van der Waals surface area contributed by atoms with Gasteiger partial charge in [-0.15, -0.1) is 11.8 Å². The maximum absolute atomic E-state index is 11.1. The number of primary sulfonamides is 1. The highest BCUT2D eigenvalue weighted by atomic mass is 32.2. The third-order valence-corrected chi connectivity index (χ3v) is 4.70. The van der Waals surface area contributed by atoms with Gasteiger partial charge in [-0.25, -0.2) is 13.6 Å². The van der Waals surface area contributed by atoms with Crippen LogP contribution in [0.15, 0.2) is 58.3 Å². The molecule has 2 aromatic rings. The van der Waals surface area contributed by atoms with Crippen LogP contribution in [0.4, 0.5) is 0 Å². The first-order valence-corrected chi connectivity index (χ1v) is 8.93. The number of ether oxygens (including phenoxy) is 1. The number of hydrogen-bond acceptors (Lipinski definition) is 4. The van der Waals surface area contributed by atoms with E-state index in [-0.39, 0.29) is 4.90 Å². The average Bonchev–Trinajstić information content (AvgIpc) is 2.45. The van der Waals surface area contributed by atoms with Crippen LogP contribution in [0, 0.1) is 6.92 Å². The maximum Gasteiger partial charge on any atom is 0.238 e. The molecule has 0 aliphatic heterocycles. The van der Waals surface area contributed by atoms with Crippen LogP contribution in [0.3, 0.4) is 0 Å². The monoisotopic (exact) mass is 323 g/mol. The van der Waals surface area contributed by atoms with Crippen molar-refractivity contribution in [3.05, 3.63) is 54.1 Å². The van der Waals surface area contributed by atoms with Crippen LogP contribution in [0.5, 0.6) is 5.75 Å². The van der Waals surface area contributed by atoms with Gasteiger partial charge >= 0.3 is 0 Å². The van der Waals surface area contributed by atoms with Gasteiger partial charge in [0.25, 0.3) is 0 Å². The molecule has 0 aliphatic carbocycles. The number of rotatable bonds is 6. The van der Waals surface area contributed by atoms with E-state index < -0.39 is 10.0 Å². The summed E-state index contributed by atoms with van der Waals surface area (Å²) in [6, 6.07) is 14.4. The second-order valence-corrected chi connectivity index (χ2v) is 7.26. The van der Waals surface area contributed by atoms with Crippen LogP contribution in [0.25, 0.3) is 0 Å². The first-order chi connectivity index (χ1) is 9.95. The van der Waals surface area contributed by atoms with Crippen molar-refractivity contribution in [2.75, 3.05) is 12.4 Å². The van der Waals surface area contributed by atoms with Gasteiger partial charge in [0.15, 0.2) is 0 Å². The van der Waals surface area contributed by atoms with Gasteiger partial charge in [-0.2, -0.15) is 0 Å². The predicted octanol–water partition coefficient (Wildman–Crippen LogP) is 2.81. The van der Waals surface area contributed by atoms with Crippen molar-refractivity contribution >= 4 is 21.8 Å². The third kappa shape index (κ3) is 5.08. The number of hydrogen-bond donors (Lipinski definition) is 1. The molecule has 0 saturated heterocycles. The summed E-state index contributed by atoms with van der Waals surface area (Å²) in [4.78, 5) is 1.29. The van der Waals surface area contributed by atoms with E-state index in [0.29, 0.717) is 12.4 Å². The predicted molar refractivity (Wildman–Crippen MR) is 85.2 cm³/mol. The molecule has 0 bridgehead atoms. The molecule has 0 spiro atoms. The molecule has 4 nitrogen and oxygen atoms in total. The number of nitrogens with two attached hydrogens (primary N) is 1. The van der Waals surface area contributed by atoms with E-state index in [1.54, 1.807) is 23.9 Å². The zero-order chi connectivity index (χ0) is 15.3. The minimum atomic E-state index is -3.64. The van der Waals surface area contributed by atoms with Crippen LogP contribution in [-0.2, 0) is 10.0 Å². The van der Waals surface area contributed by atoms with E-state index >= 15 is 0 Å². The minimum absolute atomic E-state index is 0.0869. The molecule has 0 heterocycles. The molecule has 0 aromatic heterocycles. The summed E-state index contributed by atoms with van der Waals surface area (Å²) in [5, 5.41) is 5.03. The highest BCUT2D eigenvalue weighted by Gasteiger charge is 2.06. The summed E-state index contributed by atoms with van der Waals surface area (Å²) in [5.41, 5.74) is 1.24. The van der Waals surface area contributed by atoms with Gasteiger partial charge in [0, 0.05) is 10.6 Å². The molecule has 0 unspecified atom stereocenters. The van der Waals surface area contributed by atoms with E-state index in [0.717, 1.165) is 5.75 Å². The van der Waals surface area contributed by atoms with Gasteiger partial charge in [-0.05, 0) is 43.3 Å². The SMILES string of the molecule is Cc1ccc(SCCOc2ccc(S(N)(=O)=O)cc2)cc1. The Morgan fingerprint density at radius 2 is 1.67 bits per heavy atom. The van der Waals surface area contributed by atoms with Gasteiger partial charge < -0.3 is 4.74 Å². The Morgan fingerprint density at radius 3 is 2.24 bits per heavy atom. The lowest BCUT2D eigenvalue weighted by molar-refractivity contribution is 0.343. The van der Waals surface area contributed by atoms with E-state index in [1.807, 2.05) is 0 Å². The second kappa shape index (κ2) is 6.98. The summed E-state index contributed by atoms with van der Waals surface area (Å²) in [6.07, 6.45) is 0. The smallest absolute Gasteiger partial charge is 0.238 e. The standard InChI is InChI=1S/C15H17NO3S2/c1-12-2-6-14(7-3-12)20-11-10-19-13-4-8-15(9-5-13)21(16,17)18/h2-9H,10-11H2,1H3,(H2,16,17,18). The van der Waals surface area contributed by atoms with E-state index in [2.05, 4.69) is 31.2 Å². The van der Waals surface area contributed by atoms with Crippen molar-refractivity contribution in [2.45, 2.75) is 16.7 Å². The van der Waals surface area contributed by atoms with Gasteiger partial charge in [-0.3, -0.25) is 0 Å². The van der Waals surface area contributed by atoms with Crippen molar-refractivity contribution < 1.29 is 13.2 Å². The van der Waals surface area contributed by atoms with E-state index in [1.165, 1.54) is 22.6 Å². The Hall–Kier alpha value is -1.50. The largest absolute Gasteiger partial charge is 0.493 e. The molecule has 0 atom stereocenters. The van der Waals surface area contributed by atoms with E-state index in [4.69, 9.17) is 9.88 Å². The molecular weight excluding hydrogens is 306 g/mol. The molecular formula is C15H17NO3S2. The minimum Gasteiger partial charge on any atom is -0.493 e. The highest BCUT2D eigenvalue weighted by Crippen LogP contribution is 2.19. The van der Waals surface area contributed by atoms with E-state index in [9.17, 15) is 8.42 Å². The van der Waals surface area contributed by atoms with Crippen LogP contribution in [-0.4, -0.2) is 20.8 Å². The summed E-state index contributed by atoms with van der Waals surface area (Å²) in [6.45, 7) is 2.61. The first-order valence-electron chi connectivity index (χ1n) is 6.40. The fourth-order valence-electron chi connectivity index (χ4n) is 1.68. The molecule has 0 radical (unpaired) electrons. The Morgan fingerprint density at radius 1 is 1.05 bits per heavy atom. The first kappa shape index (κ1) is 15.9. The zero-order valence-electron chi connectivity index (χ0n) is 11.7. The van der Waals surface area contributed by atoms with Crippen LogP contribution >= 0.6 is 11.8 Å². The Bertz CT molecular complexity index is 680. The molecule has 0 saturated carbocycles. The summed E-state index contributed by atoms with van der Waals surface area (Å²) in [5.74, 6) is 1.45. The van der Waals surface area contributed by atoms with Crippen LogP contribution < -0.4 is 9.88 Å². The molecule has 21 heavy (non-hydrogen) atoms. The van der Waals surface area contributed by atoms with Crippen molar-refractivity contribution in [3.8, 4) is 5.75 Å². The van der Waals surface area contributed by atoms with Crippen LogP contribution in [0.1, 0.15) is 5.56 Å². The quantitative estimate of drug-likeness (QED) is 0.655. The summed E-state index contributed by atoms with van der Waals surface area (Å²) in [7, 11) is -3.64. The topological polar surface area (TPSA) is 69.4 Å². The van der Waals surface area contributed by atoms with Gasteiger partial charge in [-0.1, -0.05) is 17.7 Å².